The fourth-order valence-corrected chi connectivity index (χ4v) is 1.97. The van der Waals surface area contributed by atoms with Gasteiger partial charge in [0.1, 0.15) is 12.4 Å². The van der Waals surface area contributed by atoms with E-state index in [1.807, 2.05) is 36.4 Å². The van der Waals surface area contributed by atoms with E-state index < -0.39 is 0 Å². The van der Waals surface area contributed by atoms with Gasteiger partial charge in [0, 0.05) is 5.56 Å². The van der Waals surface area contributed by atoms with Crippen molar-refractivity contribution in [1.29, 1.82) is 0 Å². The molecule has 0 saturated carbocycles. The van der Waals surface area contributed by atoms with Gasteiger partial charge in [-0.2, -0.15) is 0 Å². The predicted octanol–water partition coefficient (Wildman–Crippen LogP) is 3.70. The smallest absolute Gasteiger partial charge is 0.120 e. The second kappa shape index (κ2) is 7.52. The number of benzene rings is 2. The molecule has 0 aliphatic rings. The Morgan fingerprint density at radius 3 is 2.52 bits per heavy atom. The van der Waals surface area contributed by atoms with E-state index in [0.29, 0.717) is 19.1 Å². The molecule has 2 heteroatoms. The highest BCUT2D eigenvalue weighted by Gasteiger charge is 2.01. The lowest BCUT2D eigenvalue weighted by molar-refractivity contribution is 0.306. The third-order valence-corrected chi connectivity index (χ3v) is 3.22. The zero-order chi connectivity index (χ0) is 15.1. The summed E-state index contributed by atoms with van der Waals surface area (Å²) >= 11 is 0. The van der Waals surface area contributed by atoms with Gasteiger partial charge < -0.3 is 10.5 Å². The number of hydrogen-bond donors (Lipinski definition) is 1. The lowest BCUT2D eigenvalue weighted by Crippen LogP contribution is -1.97. The zero-order valence-electron chi connectivity index (χ0n) is 12.6. The minimum Gasteiger partial charge on any atom is -0.489 e. The highest BCUT2D eigenvalue weighted by Crippen LogP contribution is 2.21. The number of nitrogens with two attached hydrogens (primary N) is 1. The van der Waals surface area contributed by atoms with Crippen LogP contribution in [-0.2, 0) is 6.61 Å². The molecule has 2 nitrogen and oxygen atoms in total. The van der Waals surface area contributed by atoms with Crippen LogP contribution in [0.1, 0.15) is 36.5 Å². The molecule has 0 atom stereocenters. The van der Waals surface area contributed by atoms with E-state index in [1.54, 1.807) is 0 Å². The Kier molecular flexibility index (Phi) is 5.43. The fourth-order valence-electron chi connectivity index (χ4n) is 1.97. The summed E-state index contributed by atoms with van der Waals surface area (Å²) in [6, 6.07) is 16.3. The average Bonchev–Trinajstić information content (AvgIpc) is 2.52. The standard InChI is InChI=1S/C19H21NO/c1-15(2)18-6-3-7-19(13-18)21-14-17-10-8-16(9-11-17)5-4-12-20/h3,6-11,13,15H,12,14,20H2,1-2H3. The molecule has 0 fully saturated rings. The molecule has 2 N–H and O–H groups in total. The summed E-state index contributed by atoms with van der Waals surface area (Å²) in [5.41, 5.74) is 8.76. The van der Waals surface area contributed by atoms with Crippen molar-refractivity contribution in [3.8, 4) is 17.6 Å². The Morgan fingerprint density at radius 2 is 1.86 bits per heavy atom. The minimum atomic E-state index is 0.386. The van der Waals surface area contributed by atoms with E-state index >= 15 is 0 Å². The van der Waals surface area contributed by atoms with Crippen LogP contribution in [0, 0.1) is 11.8 Å². The van der Waals surface area contributed by atoms with Crippen molar-refractivity contribution in [3.63, 3.8) is 0 Å². The first kappa shape index (κ1) is 15.2. The van der Waals surface area contributed by atoms with Gasteiger partial charge in [-0.15, -0.1) is 0 Å². The number of rotatable bonds is 4. The summed E-state index contributed by atoms with van der Waals surface area (Å²) in [6.45, 7) is 5.31. The normalized spacial score (nSPS) is 10.1. The van der Waals surface area contributed by atoms with Gasteiger partial charge in [-0.25, -0.2) is 0 Å². The molecule has 2 aromatic carbocycles. The van der Waals surface area contributed by atoms with Crippen LogP contribution in [0.5, 0.6) is 5.75 Å². The van der Waals surface area contributed by atoms with E-state index in [0.717, 1.165) is 16.9 Å². The van der Waals surface area contributed by atoms with Gasteiger partial charge in [-0.05, 0) is 41.3 Å². The van der Waals surface area contributed by atoms with Gasteiger partial charge >= 0.3 is 0 Å². The van der Waals surface area contributed by atoms with Gasteiger partial charge in [-0.1, -0.05) is 50.0 Å². The SMILES string of the molecule is CC(C)c1cccc(OCc2ccc(C#CCN)cc2)c1. The first-order chi connectivity index (χ1) is 10.2. The number of hydrogen-bond acceptors (Lipinski definition) is 2. The maximum atomic E-state index is 5.85. The average molecular weight is 279 g/mol. The van der Waals surface area contributed by atoms with Crippen molar-refractivity contribution >= 4 is 0 Å². The van der Waals surface area contributed by atoms with Crippen LogP contribution in [0.4, 0.5) is 0 Å². The third kappa shape index (κ3) is 4.66. The molecule has 0 aliphatic heterocycles. The molecule has 0 amide bonds. The van der Waals surface area contributed by atoms with Crippen molar-refractivity contribution in [3.05, 3.63) is 65.2 Å². The molecule has 0 heterocycles. The molecule has 0 spiro atoms. The molecule has 0 radical (unpaired) electrons. The zero-order valence-corrected chi connectivity index (χ0v) is 12.6. The first-order valence-corrected chi connectivity index (χ1v) is 7.19. The van der Waals surface area contributed by atoms with Crippen molar-refractivity contribution in [2.24, 2.45) is 5.73 Å². The van der Waals surface area contributed by atoms with Crippen molar-refractivity contribution in [2.75, 3.05) is 6.54 Å². The van der Waals surface area contributed by atoms with Crippen LogP contribution in [0.3, 0.4) is 0 Å². The molecule has 0 saturated heterocycles. The highest BCUT2D eigenvalue weighted by molar-refractivity contribution is 5.36. The molecule has 0 bridgehead atoms. The van der Waals surface area contributed by atoms with E-state index in [2.05, 4.69) is 37.8 Å². The Labute approximate surface area is 126 Å². The second-order valence-electron chi connectivity index (χ2n) is 5.22. The van der Waals surface area contributed by atoms with E-state index in [1.165, 1.54) is 5.56 Å². The summed E-state index contributed by atoms with van der Waals surface area (Å²) in [7, 11) is 0. The molecule has 0 aromatic heterocycles. The van der Waals surface area contributed by atoms with Crippen LogP contribution in [0.25, 0.3) is 0 Å². The summed E-state index contributed by atoms with van der Waals surface area (Å²) in [5.74, 6) is 7.27. The number of ether oxygens (including phenoxy) is 1. The highest BCUT2D eigenvalue weighted by atomic mass is 16.5. The van der Waals surface area contributed by atoms with Crippen molar-refractivity contribution in [2.45, 2.75) is 26.4 Å². The molecule has 108 valence electrons. The summed E-state index contributed by atoms with van der Waals surface area (Å²) in [4.78, 5) is 0. The van der Waals surface area contributed by atoms with Gasteiger partial charge in [0.2, 0.25) is 0 Å². The Hall–Kier alpha value is -2.24. The van der Waals surface area contributed by atoms with Gasteiger partial charge in [0.15, 0.2) is 0 Å². The minimum absolute atomic E-state index is 0.386. The Morgan fingerprint density at radius 1 is 1.10 bits per heavy atom. The van der Waals surface area contributed by atoms with Crippen molar-refractivity contribution in [1.82, 2.24) is 0 Å². The van der Waals surface area contributed by atoms with E-state index in [-0.39, 0.29) is 0 Å². The van der Waals surface area contributed by atoms with Crippen LogP contribution < -0.4 is 10.5 Å². The fraction of sp³-hybridized carbons (Fsp3) is 0.263. The molecular formula is C19H21NO. The Bertz CT molecular complexity index is 633. The van der Waals surface area contributed by atoms with Crippen molar-refractivity contribution < 1.29 is 4.74 Å². The van der Waals surface area contributed by atoms with Gasteiger partial charge in [0.05, 0.1) is 6.54 Å². The van der Waals surface area contributed by atoms with Gasteiger partial charge in [-0.3, -0.25) is 0 Å². The molecule has 2 rings (SSSR count). The van der Waals surface area contributed by atoms with Crippen LogP contribution >= 0.6 is 0 Å². The largest absolute Gasteiger partial charge is 0.489 e. The lowest BCUT2D eigenvalue weighted by Gasteiger charge is -2.10. The topological polar surface area (TPSA) is 35.2 Å². The van der Waals surface area contributed by atoms with E-state index in [4.69, 9.17) is 10.5 Å². The monoisotopic (exact) mass is 279 g/mol. The van der Waals surface area contributed by atoms with E-state index in [9.17, 15) is 0 Å². The molecule has 0 unspecified atom stereocenters. The van der Waals surface area contributed by atoms with Crippen LogP contribution in [0.15, 0.2) is 48.5 Å². The van der Waals surface area contributed by atoms with Gasteiger partial charge in [0.25, 0.3) is 0 Å². The Balaban J connectivity index is 1.98. The van der Waals surface area contributed by atoms with Crippen LogP contribution in [-0.4, -0.2) is 6.54 Å². The maximum Gasteiger partial charge on any atom is 0.120 e. The lowest BCUT2D eigenvalue weighted by atomic mass is 10.0. The molecule has 0 aliphatic carbocycles. The molecule has 2 aromatic rings. The summed E-state index contributed by atoms with van der Waals surface area (Å²) in [6.07, 6.45) is 0. The molecule has 21 heavy (non-hydrogen) atoms. The van der Waals surface area contributed by atoms with Crippen LogP contribution in [0.2, 0.25) is 0 Å². The molecular weight excluding hydrogens is 258 g/mol. The summed E-state index contributed by atoms with van der Waals surface area (Å²) in [5, 5.41) is 0. The second-order valence-corrected chi connectivity index (χ2v) is 5.22. The maximum absolute atomic E-state index is 5.85. The quantitative estimate of drug-likeness (QED) is 0.866. The first-order valence-electron chi connectivity index (χ1n) is 7.19. The predicted molar refractivity (Wildman–Crippen MR) is 87.2 cm³/mol. The summed E-state index contributed by atoms with van der Waals surface area (Å²) < 4.78 is 5.85. The third-order valence-electron chi connectivity index (χ3n) is 3.22.